The van der Waals surface area contributed by atoms with Crippen LogP contribution >= 0.6 is 0 Å². The molecule has 0 saturated heterocycles. The molecule has 0 aliphatic heterocycles. The maximum atomic E-state index is 2.36. The monoisotopic (exact) mass is 286 g/mol. The molecule has 0 N–H and O–H groups in total. The molecule has 0 atom stereocenters. The molecule has 3 rings (SSSR count). The molecule has 0 spiro atoms. The fourth-order valence-corrected chi connectivity index (χ4v) is 3.16. The number of hydrogen-bond acceptors (Lipinski definition) is 0. The van der Waals surface area contributed by atoms with Gasteiger partial charge >= 0.3 is 0 Å². The molecule has 3 aromatic rings. The van der Waals surface area contributed by atoms with Gasteiger partial charge in [0.2, 0.25) is 0 Å². The zero-order chi connectivity index (χ0) is 15.5. The van der Waals surface area contributed by atoms with Gasteiger partial charge in [-0.3, -0.25) is 0 Å². The lowest BCUT2D eigenvalue weighted by Gasteiger charge is -2.15. The van der Waals surface area contributed by atoms with E-state index in [1.165, 1.54) is 38.9 Å². The molecule has 0 unspecified atom stereocenters. The molecule has 0 heterocycles. The van der Waals surface area contributed by atoms with E-state index in [0.29, 0.717) is 0 Å². The Hall–Kier alpha value is -2.34. The minimum atomic E-state index is 1.06. The number of hydrogen-bond donors (Lipinski definition) is 0. The van der Waals surface area contributed by atoms with E-state index in [9.17, 15) is 0 Å². The van der Waals surface area contributed by atoms with Gasteiger partial charge in [-0.25, -0.2) is 0 Å². The van der Waals surface area contributed by atoms with Crippen LogP contribution in [-0.4, -0.2) is 0 Å². The lowest BCUT2D eigenvalue weighted by atomic mass is 9.89. The van der Waals surface area contributed by atoms with Crippen molar-refractivity contribution in [1.29, 1.82) is 0 Å². The second-order valence-corrected chi connectivity index (χ2v) is 5.86. The summed E-state index contributed by atoms with van der Waals surface area (Å²) in [5.41, 5.74) is 9.41. The molecule has 0 heteroatoms. The zero-order valence-electron chi connectivity index (χ0n) is 13.6. The largest absolute Gasteiger partial charge is 0.0622 e. The summed E-state index contributed by atoms with van der Waals surface area (Å²) in [6, 6.07) is 24.1. The van der Waals surface area contributed by atoms with E-state index in [0.717, 1.165) is 6.42 Å². The van der Waals surface area contributed by atoms with Gasteiger partial charge in [0.05, 0.1) is 0 Å². The van der Waals surface area contributed by atoms with E-state index in [4.69, 9.17) is 0 Å². The van der Waals surface area contributed by atoms with Crippen molar-refractivity contribution in [3.05, 3.63) is 83.4 Å². The molecule has 0 fully saturated rings. The van der Waals surface area contributed by atoms with Crippen LogP contribution < -0.4 is 0 Å². The molecular weight excluding hydrogens is 264 g/mol. The predicted octanol–water partition coefficient (Wildman–Crippen LogP) is 6.20. The minimum absolute atomic E-state index is 1.06. The van der Waals surface area contributed by atoms with Gasteiger partial charge in [-0.1, -0.05) is 67.6 Å². The van der Waals surface area contributed by atoms with Crippen LogP contribution in [0.2, 0.25) is 0 Å². The van der Waals surface area contributed by atoms with Crippen LogP contribution in [0.25, 0.3) is 22.3 Å². The predicted molar refractivity (Wildman–Crippen MR) is 96.2 cm³/mol. The molecule has 0 aliphatic rings. The summed E-state index contributed by atoms with van der Waals surface area (Å²) in [4.78, 5) is 0. The average Bonchev–Trinajstić information content (AvgIpc) is 2.56. The second-order valence-electron chi connectivity index (χ2n) is 5.86. The first kappa shape index (κ1) is 14.6. The quantitative estimate of drug-likeness (QED) is 0.537. The van der Waals surface area contributed by atoms with Gasteiger partial charge in [0, 0.05) is 0 Å². The molecular formula is C22H22. The first-order valence-corrected chi connectivity index (χ1v) is 7.95. The Morgan fingerprint density at radius 1 is 0.636 bits per heavy atom. The van der Waals surface area contributed by atoms with E-state index in [1.54, 1.807) is 0 Å². The molecule has 110 valence electrons. The van der Waals surface area contributed by atoms with Crippen molar-refractivity contribution in [2.45, 2.75) is 27.2 Å². The molecule has 0 saturated carbocycles. The van der Waals surface area contributed by atoms with Crippen molar-refractivity contribution in [3.8, 4) is 22.3 Å². The van der Waals surface area contributed by atoms with Crippen LogP contribution in [0.1, 0.15) is 23.6 Å². The van der Waals surface area contributed by atoms with E-state index in [1.807, 2.05) is 0 Å². The fraction of sp³-hybridized carbons (Fsp3) is 0.182. The average molecular weight is 286 g/mol. The summed E-state index contributed by atoms with van der Waals surface area (Å²) < 4.78 is 0. The minimum Gasteiger partial charge on any atom is -0.0622 e. The fourth-order valence-electron chi connectivity index (χ4n) is 3.16. The van der Waals surface area contributed by atoms with Crippen molar-refractivity contribution in [3.63, 3.8) is 0 Å². The Morgan fingerprint density at radius 3 is 2.00 bits per heavy atom. The standard InChI is InChI=1S/C22H22/c1-4-18-10-8-9-13-20(18)22-15-21(16(2)14-17(22)3)19-11-6-5-7-12-19/h5-15H,4H2,1-3H3. The van der Waals surface area contributed by atoms with Crippen molar-refractivity contribution in [1.82, 2.24) is 0 Å². The zero-order valence-corrected chi connectivity index (χ0v) is 13.6. The molecule has 22 heavy (non-hydrogen) atoms. The molecule has 0 bridgehead atoms. The summed E-state index contributed by atoms with van der Waals surface area (Å²) in [5.74, 6) is 0. The molecule has 0 radical (unpaired) electrons. The van der Waals surface area contributed by atoms with Crippen molar-refractivity contribution in [2.75, 3.05) is 0 Å². The van der Waals surface area contributed by atoms with Gasteiger partial charge in [0.25, 0.3) is 0 Å². The third-order valence-electron chi connectivity index (χ3n) is 4.34. The third-order valence-corrected chi connectivity index (χ3v) is 4.34. The van der Waals surface area contributed by atoms with Crippen LogP contribution in [0.4, 0.5) is 0 Å². The highest BCUT2D eigenvalue weighted by Gasteiger charge is 2.10. The lowest BCUT2D eigenvalue weighted by Crippen LogP contribution is -1.93. The van der Waals surface area contributed by atoms with Crippen molar-refractivity contribution < 1.29 is 0 Å². The second kappa shape index (κ2) is 6.19. The smallest absolute Gasteiger partial charge is 0.0146 e. The van der Waals surface area contributed by atoms with Gasteiger partial charge in [-0.05, 0) is 65.3 Å². The van der Waals surface area contributed by atoms with Gasteiger partial charge in [0.1, 0.15) is 0 Å². The molecule has 0 amide bonds. The Balaban J connectivity index is 2.21. The van der Waals surface area contributed by atoms with Gasteiger partial charge in [-0.2, -0.15) is 0 Å². The van der Waals surface area contributed by atoms with E-state index in [2.05, 4.69) is 87.5 Å². The van der Waals surface area contributed by atoms with Gasteiger partial charge in [0.15, 0.2) is 0 Å². The molecule has 0 aliphatic carbocycles. The van der Waals surface area contributed by atoms with Crippen LogP contribution in [0, 0.1) is 13.8 Å². The third kappa shape index (κ3) is 2.69. The topological polar surface area (TPSA) is 0 Å². The maximum Gasteiger partial charge on any atom is -0.0146 e. The molecule has 0 nitrogen and oxygen atoms in total. The lowest BCUT2D eigenvalue weighted by molar-refractivity contribution is 1.14. The summed E-state index contributed by atoms with van der Waals surface area (Å²) in [5, 5.41) is 0. The van der Waals surface area contributed by atoms with Crippen LogP contribution in [0.15, 0.2) is 66.7 Å². The Kier molecular flexibility index (Phi) is 4.11. The highest BCUT2D eigenvalue weighted by atomic mass is 14.1. The number of aryl methyl sites for hydroxylation is 3. The van der Waals surface area contributed by atoms with E-state index >= 15 is 0 Å². The Bertz CT molecular complexity index is 782. The van der Waals surface area contributed by atoms with Crippen LogP contribution in [-0.2, 0) is 6.42 Å². The maximum absolute atomic E-state index is 2.36. The first-order chi connectivity index (χ1) is 10.7. The highest BCUT2D eigenvalue weighted by Crippen LogP contribution is 2.33. The van der Waals surface area contributed by atoms with Crippen molar-refractivity contribution in [2.24, 2.45) is 0 Å². The first-order valence-electron chi connectivity index (χ1n) is 7.95. The van der Waals surface area contributed by atoms with Crippen LogP contribution in [0.3, 0.4) is 0 Å². The van der Waals surface area contributed by atoms with Crippen LogP contribution in [0.5, 0.6) is 0 Å². The van der Waals surface area contributed by atoms with Gasteiger partial charge in [-0.15, -0.1) is 0 Å². The van der Waals surface area contributed by atoms with Crippen molar-refractivity contribution >= 4 is 0 Å². The molecule has 0 aromatic heterocycles. The summed E-state index contributed by atoms with van der Waals surface area (Å²) in [6.07, 6.45) is 1.06. The summed E-state index contributed by atoms with van der Waals surface area (Å²) in [7, 11) is 0. The van der Waals surface area contributed by atoms with E-state index < -0.39 is 0 Å². The van der Waals surface area contributed by atoms with E-state index in [-0.39, 0.29) is 0 Å². The SMILES string of the molecule is CCc1ccccc1-c1cc(-c2ccccc2)c(C)cc1C. The summed E-state index contributed by atoms with van der Waals surface area (Å²) >= 11 is 0. The van der Waals surface area contributed by atoms with Gasteiger partial charge < -0.3 is 0 Å². The Labute approximate surface area is 133 Å². The highest BCUT2D eigenvalue weighted by molar-refractivity contribution is 5.79. The summed E-state index contributed by atoms with van der Waals surface area (Å²) in [6.45, 7) is 6.63. The molecule has 3 aromatic carbocycles. The Morgan fingerprint density at radius 2 is 1.27 bits per heavy atom. The number of benzene rings is 3. The normalized spacial score (nSPS) is 10.7. The number of rotatable bonds is 3.